The molecule has 10 heteroatoms. The number of nitrogens with one attached hydrogen (secondary N) is 1. The monoisotopic (exact) mass is 466 g/mol. The minimum absolute atomic E-state index is 0.158. The van der Waals surface area contributed by atoms with E-state index in [1.807, 2.05) is 0 Å². The van der Waals surface area contributed by atoms with E-state index >= 15 is 0 Å². The van der Waals surface area contributed by atoms with Crippen molar-refractivity contribution in [3.05, 3.63) is 58.1 Å². The maximum atomic E-state index is 13.1. The Labute approximate surface area is 198 Å². The number of ether oxygens (including phenoxy) is 1. The van der Waals surface area contributed by atoms with Crippen molar-refractivity contribution in [1.82, 2.24) is 19.8 Å². The van der Waals surface area contributed by atoms with Crippen LogP contribution in [-0.4, -0.2) is 64.3 Å². The van der Waals surface area contributed by atoms with Gasteiger partial charge >= 0.3 is 6.09 Å². The molecule has 1 aliphatic heterocycles. The lowest BCUT2D eigenvalue weighted by atomic mass is 10.2. The summed E-state index contributed by atoms with van der Waals surface area (Å²) in [4.78, 5) is 45.5. The summed E-state index contributed by atoms with van der Waals surface area (Å²) >= 11 is 0. The van der Waals surface area contributed by atoms with Gasteiger partial charge in [-0.1, -0.05) is 0 Å². The number of nitrogens with zero attached hydrogens (tertiary/aromatic N) is 5. The number of amides is 2. The molecule has 1 N–H and O–H groups in total. The Morgan fingerprint density at radius 2 is 1.88 bits per heavy atom. The molecule has 2 aromatic heterocycles. The standard InChI is InChI=1S/C24H30N6O4/c1-17(27-23(33)34-24(2,3)4)15-30-16-19(6-8-21(30)31)22(32)29-11-9-28(10-12-29)20-7-5-18(13-25)14-26-20/h5-8,14,16-17H,9-12,15H2,1-4H3,(H,27,33)/t17-/m0/s1. The molecule has 0 aromatic carbocycles. The van der Waals surface area contributed by atoms with E-state index in [4.69, 9.17) is 10.00 Å². The topological polar surface area (TPSA) is 121 Å². The highest BCUT2D eigenvalue weighted by Crippen LogP contribution is 2.15. The zero-order valence-corrected chi connectivity index (χ0v) is 19.9. The number of carbonyl (C=O) groups is 2. The molecule has 1 fully saturated rings. The number of hydrogen-bond acceptors (Lipinski definition) is 7. The minimum atomic E-state index is -0.618. The molecule has 0 unspecified atom stereocenters. The van der Waals surface area contributed by atoms with E-state index in [1.165, 1.54) is 29.1 Å². The SMILES string of the molecule is C[C@@H](Cn1cc(C(=O)N2CCN(c3ccc(C#N)cn3)CC2)ccc1=O)NC(=O)OC(C)(C)C. The van der Waals surface area contributed by atoms with Crippen molar-refractivity contribution in [3.63, 3.8) is 0 Å². The Morgan fingerprint density at radius 1 is 1.18 bits per heavy atom. The number of piperazine rings is 1. The van der Waals surface area contributed by atoms with E-state index in [9.17, 15) is 14.4 Å². The smallest absolute Gasteiger partial charge is 0.407 e. The van der Waals surface area contributed by atoms with Crippen molar-refractivity contribution in [1.29, 1.82) is 5.26 Å². The second-order valence-electron chi connectivity index (χ2n) is 9.25. The van der Waals surface area contributed by atoms with Crippen molar-refractivity contribution in [2.45, 2.75) is 45.9 Å². The van der Waals surface area contributed by atoms with E-state index in [1.54, 1.807) is 44.7 Å². The van der Waals surface area contributed by atoms with E-state index in [-0.39, 0.29) is 24.1 Å². The number of alkyl carbamates (subject to hydrolysis) is 1. The maximum absolute atomic E-state index is 13.1. The fourth-order valence-corrected chi connectivity index (χ4v) is 3.61. The van der Waals surface area contributed by atoms with Gasteiger partial charge in [0, 0.05) is 57.2 Å². The van der Waals surface area contributed by atoms with Gasteiger partial charge in [-0.05, 0) is 45.9 Å². The normalized spacial score (nSPS) is 14.8. The highest BCUT2D eigenvalue weighted by atomic mass is 16.6. The lowest BCUT2D eigenvalue weighted by molar-refractivity contribution is 0.0503. The Bertz CT molecular complexity index is 1120. The molecule has 0 saturated carbocycles. The molecule has 3 rings (SSSR count). The molecular weight excluding hydrogens is 436 g/mol. The third-order valence-electron chi connectivity index (χ3n) is 5.23. The summed E-state index contributed by atoms with van der Waals surface area (Å²) in [6.45, 7) is 9.54. The molecule has 0 radical (unpaired) electrons. The zero-order chi connectivity index (χ0) is 24.9. The number of hydrogen-bond donors (Lipinski definition) is 1. The molecule has 34 heavy (non-hydrogen) atoms. The Hall–Kier alpha value is -3.87. The van der Waals surface area contributed by atoms with Crippen molar-refractivity contribution < 1.29 is 14.3 Å². The van der Waals surface area contributed by atoms with Gasteiger partial charge < -0.3 is 24.4 Å². The number of nitriles is 1. The third kappa shape index (κ3) is 6.57. The quantitative estimate of drug-likeness (QED) is 0.715. The van der Waals surface area contributed by atoms with Crippen molar-refractivity contribution in [2.75, 3.05) is 31.1 Å². The second kappa shape index (κ2) is 10.4. The molecule has 0 aliphatic carbocycles. The summed E-state index contributed by atoms with van der Waals surface area (Å²) in [6.07, 6.45) is 2.51. The summed E-state index contributed by atoms with van der Waals surface area (Å²) in [5, 5.41) is 11.6. The average molecular weight is 467 g/mol. The Kier molecular flexibility index (Phi) is 7.56. The van der Waals surface area contributed by atoms with Gasteiger partial charge in [0.1, 0.15) is 17.5 Å². The van der Waals surface area contributed by atoms with Crippen molar-refractivity contribution in [2.24, 2.45) is 0 Å². The lowest BCUT2D eigenvalue weighted by Gasteiger charge is -2.35. The summed E-state index contributed by atoms with van der Waals surface area (Å²) in [6, 6.07) is 8.10. The molecule has 2 amide bonds. The van der Waals surface area contributed by atoms with Crippen LogP contribution in [-0.2, 0) is 11.3 Å². The van der Waals surface area contributed by atoms with Crippen LogP contribution >= 0.6 is 0 Å². The highest BCUT2D eigenvalue weighted by Gasteiger charge is 2.24. The number of pyridine rings is 2. The number of rotatable bonds is 5. The Morgan fingerprint density at radius 3 is 2.47 bits per heavy atom. The first-order valence-electron chi connectivity index (χ1n) is 11.2. The van der Waals surface area contributed by atoms with E-state index in [0.29, 0.717) is 37.3 Å². The lowest BCUT2D eigenvalue weighted by Crippen LogP contribution is -2.49. The van der Waals surface area contributed by atoms with E-state index < -0.39 is 11.7 Å². The van der Waals surface area contributed by atoms with Gasteiger partial charge in [-0.25, -0.2) is 9.78 Å². The summed E-state index contributed by atoms with van der Waals surface area (Å²) in [5.41, 5.74) is 0.0380. The predicted molar refractivity (Wildman–Crippen MR) is 127 cm³/mol. The van der Waals surface area contributed by atoms with Crippen LogP contribution in [0.1, 0.15) is 43.6 Å². The first-order valence-corrected chi connectivity index (χ1v) is 11.2. The van der Waals surface area contributed by atoms with Crippen LogP contribution in [0.3, 0.4) is 0 Å². The molecular formula is C24H30N6O4. The van der Waals surface area contributed by atoms with Gasteiger partial charge in [0.15, 0.2) is 0 Å². The predicted octanol–water partition coefficient (Wildman–Crippen LogP) is 1.99. The molecule has 180 valence electrons. The van der Waals surface area contributed by atoms with Crippen LogP contribution in [0, 0.1) is 11.3 Å². The number of carbonyl (C=O) groups excluding carboxylic acids is 2. The van der Waals surface area contributed by atoms with Crippen LogP contribution in [0.5, 0.6) is 0 Å². The van der Waals surface area contributed by atoms with Crippen LogP contribution in [0.4, 0.5) is 10.6 Å². The molecule has 1 saturated heterocycles. The van der Waals surface area contributed by atoms with Gasteiger partial charge in [0.25, 0.3) is 11.5 Å². The average Bonchev–Trinajstić information content (AvgIpc) is 2.79. The minimum Gasteiger partial charge on any atom is -0.444 e. The molecule has 0 spiro atoms. The highest BCUT2D eigenvalue weighted by molar-refractivity contribution is 5.94. The summed E-state index contributed by atoms with van der Waals surface area (Å²) in [5.74, 6) is 0.611. The summed E-state index contributed by atoms with van der Waals surface area (Å²) in [7, 11) is 0. The van der Waals surface area contributed by atoms with Crippen LogP contribution in [0.25, 0.3) is 0 Å². The van der Waals surface area contributed by atoms with Crippen LogP contribution in [0.2, 0.25) is 0 Å². The fourth-order valence-electron chi connectivity index (χ4n) is 3.61. The van der Waals surface area contributed by atoms with Gasteiger partial charge in [0.2, 0.25) is 0 Å². The zero-order valence-electron chi connectivity index (χ0n) is 19.9. The fraction of sp³-hybridized carbons (Fsp3) is 0.458. The number of anilines is 1. The third-order valence-corrected chi connectivity index (χ3v) is 5.23. The molecule has 1 aliphatic rings. The first-order chi connectivity index (χ1) is 16.1. The van der Waals surface area contributed by atoms with E-state index in [0.717, 1.165) is 5.82 Å². The second-order valence-corrected chi connectivity index (χ2v) is 9.25. The van der Waals surface area contributed by atoms with Crippen LogP contribution < -0.4 is 15.8 Å². The van der Waals surface area contributed by atoms with Crippen molar-refractivity contribution in [3.8, 4) is 6.07 Å². The summed E-state index contributed by atoms with van der Waals surface area (Å²) < 4.78 is 6.67. The van der Waals surface area contributed by atoms with Gasteiger partial charge in [-0.15, -0.1) is 0 Å². The molecule has 1 atom stereocenters. The van der Waals surface area contributed by atoms with Crippen LogP contribution in [0.15, 0.2) is 41.5 Å². The first kappa shape index (κ1) is 24.8. The van der Waals surface area contributed by atoms with Crippen molar-refractivity contribution >= 4 is 17.8 Å². The number of aromatic nitrogens is 2. The molecule has 3 heterocycles. The largest absolute Gasteiger partial charge is 0.444 e. The van der Waals surface area contributed by atoms with Gasteiger partial charge in [-0.3, -0.25) is 9.59 Å². The molecule has 10 nitrogen and oxygen atoms in total. The van der Waals surface area contributed by atoms with Gasteiger partial charge in [-0.2, -0.15) is 5.26 Å². The molecule has 0 bridgehead atoms. The Balaban J connectivity index is 1.60. The van der Waals surface area contributed by atoms with E-state index in [2.05, 4.69) is 21.3 Å². The maximum Gasteiger partial charge on any atom is 0.407 e. The van der Waals surface area contributed by atoms with Gasteiger partial charge in [0.05, 0.1) is 11.1 Å². The molecule has 2 aromatic rings.